The van der Waals surface area contributed by atoms with E-state index in [1.807, 2.05) is 6.07 Å². The van der Waals surface area contributed by atoms with Crippen LogP contribution in [0.15, 0.2) is 12.1 Å². The molecule has 1 aromatic rings. The first-order chi connectivity index (χ1) is 9.04. The standard InChI is InChI=1S/C12H9ClF2N2O2/c13-9-4-11(15)10(14)3-8(9)12(18)17-1-2-19-6-7(17)5-16/h3-4,7H,1-2,6H2/t7-/m1/s1. The molecule has 1 aromatic carbocycles. The summed E-state index contributed by atoms with van der Waals surface area (Å²) in [6.07, 6.45) is 0. The quantitative estimate of drug-likeness (QED) is 0.742. The summed E-state index contributed by atoms with van der Waals surface area (Å²) in [5.41, 5.74) is -0.164. The Morgan fingerprint density at radius 2 is 2.16 bits per heavy atom. The smallest absolute Gasteiger partial charge is 0.256 e. The number of rotatable bonds is 1. The van der Waals surface area contributed by atoms with Crippen molar-refractivity contribution in [2.75, 3.05) is 19.8 Å². The monoisotopic (exact) mass is 286 g/mol. The molecule has 1 heterocycles. The van der Waals surface area contributed by atoms with Crippen LogP contribution in [0, 0.1) is 23.0 Å². The minimum Gasteiger partial charge on any atom is -0.376 e. The molecule has 4 nitrogen and oxygen atoms in total. The van der Waals surface area contributed by atoms with Gasteiger partial charge in [-0.3, -0.25) is 4.79 Å². The number of nitrogens with zero attached hydrogens (tertiary/aromatic N) is 2. The van der Waals surface area contributed by atoms with E-state index in [2.05, 4.69) is 0 Å². The summed E-state index contributed by atoms with van der Waals surface area (Å²) < 4.78 is 31.2. The Kier molecular flexibility index (Phi) is 3.98. The van der Waals surface area contributed by atoms with Gasteiger partial charge in [0.2, 0.25) is 0 Å². The SMILES string of the molecule is N#C[C@@H]1COCCN1C(=O)c1cc(F)c(F)cc1Cl. The molecule has 0 spiro atoms. The Morgan fingerprint density at radius 3 is 2.84 bits per heavy atom. The van der Waals surface area contributed by atoms with Crippen molar-refractivity contribution in [1.82, 2.24) is 4.90 Å². The molecule has 1 aliphatic rings. The van der Waals surface area contributed by atoms with Gasteiger partial charge in [-0.25, -0.2) is 8.78 Å². The summed E-state index contributed by atoms with van der Waals surface area (Å²) >= 11 is 5.74. The van der Waals surface area contributed by atoms with Gasteiger partial charge in [0.1, 0.15) is 6.04 Å². The summed E-state index contributed by atoms with van der Waals surface area (Å²) in [4.78, 5) is 13.4. The van der Waals surface area contributed by atoms with Gasteiger partial charge in [-0.1, -0.05) is 11.6 Å². The van der Waals surface area contributed by atoms with Gasteiger partial charge in [-0.05, 0) is 12.1 Å². The zero-order valence-corrected chi connectivity index (χ0v) is 10.5. The second kappa shape index (κ2) is 5.51. The number of benzene rings is 1. The topological polar surface area (TPSA) is 53.3 Å². The van der Waals surface area contributed by atoms with Crippen LogP contribution in [0.2, 0.25) is 5.02 Å². The van der Waals surface area contributed by atoms with Crippen molar-refractivity contribution in [3.63, 3.8) is 0 Å². The van der Waals surface area contributed by atoms with E-state index in [0.717, 1.165) is 12.1 Å². The van der Waals surface area contributed by atoms with Crippen LogP contribution in [0.25, 0.3) is 0 Å². The first-order valence-electron chi connectivity index (χ1n) is 5.47. The number of nitriles is 1. The lowest BCUT2D eigenvalue weighted by molar-refractivity contribution is 0.0132. The van der Waals surface area contributed by atoms with Gasteiger partial charge in [0, 0.05) is 6.54 Å². The fraction of sp³-hybridized carbons (Fsp3) is 0.333. The zero-order valence-electron chi connectivity index (χ0n) is 9.70. The van der Waals surface area contributed by atoms with Crippen LogP contribution >= 0.6 is 11.6 Å². The molecule has 0 N–H and O–H groups in total. The van der Waals surface area contributed by atoms with Crippen LogP contribution < -0.4 is 0 Å². The van der Waals surface area contributed by atoms with Crippen LogP contribution in [0.5, 0.6) is 0 Å². The summed E-state index contributed by atoms with van der Waals surface area (Å²) in [7, 11) is 0. The van der Waals surface area contributed by atoms with Crippen LogP contribution in [-0.2, 0) is 4.74 Å². The molecular weight excluding hydrogens is 278 g/mol. The Labute approximate surface area is 113 Å². The van der Waals surface area contributed by atoms with E-state index in [1.165, 1.54) is 4.90 Å². The van der Waals surface area contributed by atoms with Gasteiger partial charge in [-0.2, -0.15) is 5.26 Å². The highest BCUT2D eigenvalue weighted by Crippen LogP contribution is 2.23. The van der Waals surface area contributed by atoms with Crippen molar-refractivity contribution >= 4 is 17.5 Å². The number of morpholine rings is 1. The lowest BCUT2D eigenvalue weighted by Gasteiger charge is -2.31. The molecule has 0 radical (unpaired) electrons. The first kappa shape index (κ1) is 13.7. The Hall–Kier alpha value is -1.71. The predicted octanol–water partition coefficient (Wildman–Crippen LogP) is 1.98. The fourth-order valence-corrected chi connectivity index (χ4v) is 2.03. The maximum atomic E-state index is 13.2. The fourth-order valence-electron chi connectivity index (χ4n) is 1.79. The molecule has 1 amide bonds. The summed E-state index contributed by atoms with van der Waals surface area (Å²) in [5.74, 6) is -2.89. The van der Waals surface area contributed by atoms with E-state index < -0.39 is 23.6 Å². The highest BCUT2D eigenvalue weighted by Gasteiger charge is 2.29. The normalized spacial score (nSPS) is 19.1. The molecule has 0 unspecified atom stereocenters. The molecule has 100 valence electrons. The molecule has 0 aromatic heterocycles. The lowest BCUT2D eigenvalue weighted by Crippen LogP contribution is -2.48. The van der Waals surface area contributed by atoms with Crippen LogP contribution in [0.3, 0.4) is 0 Å². The molecule has 1 aliphatic heterocycles. The number of ether oxygens (including phenoxy) is 1. The third-order valence-electron chi connectivity index (χ3n) is 2.78. The summed E-state index contributed by atoms with van der Waals surface area (Å²) in [6.45, 7) is 0.571. The maximum Gasteiger partial charge on any atom is 0.256 e. The zero-order chi connectivity index (χ0) is 14.0. The van der Waals surface area contributed by atoms with E-state index in [4.69, 9.17) is 21.6 Å². The average Bonchev–Trinajstić information content (AvgIpc) is 2.42. The van der Waals surface area contributed by atoms with Crippen molar-refractivity contribution in [3.05, 3.63) is 34.4 Å². The van der Waals surface area contributed by atoms with E-state index in [9.17, 15) is 13.6 Å². The Bertz CT molecular complexity index is 559. The van der Waals surface area contributed by atoms with E-state index >= 15 is 0 Å². The third kappa shape index (κ3) is 2.67. The second-order valence-corrected chi connectivity index (χ2v) is 4.37. The molecular formula is C12H9ClF2N2O2. The molecule has 19 heavy (non-hydrogen) atoms. The number of amides is 1. The van der Waals surface area contributed by atoms with Gasteiger partial charge in [0.25, 0.3) is 5.91 Å². The van der Waals surface area contributed by atoms with Gasteiger partial charge < -0.3 is 9.64 Å². The van der Waals surface area contributed by atoms with Crippen LogP contribution in [0.4, 0.5) is 8.78 Å². The maximum absolute atomic E-state index is 13.2. The van der Waals surface area contributed by atoms with E-state index in [-0.39, 0.29) is 30.3 Å². The Morgan fingerprint density at radius 1 is 1.47 bits per heavy atom. The Balaban J connectivity index is 2.33. The highest BCUT2D eigenvalue weighted by molar-refractivity contribution is 6.33. The van der Waals surface area contributed by atoms with Gasteiger partial charge >= 0.3 is 0 Å². The minimum atomic E-state index is -1.16. The van der Waals surface area contributed by atoms with Gasteiger partial charge in [0.05, 0.1) is 29.9 Å². The number of hydrogen-bond donors (Lipinski definition) is 0. The molecule has 2 rings (SSSR count). The number of carbonyl (C=O) groups is 1. The van der Waals surface area contributed by atoms with Crippen LogP contribution in [-0.4, -0.2) is 36.6 Å². The molecule has 0 saturated carbocycles. The summed E-state index contributed by atoms with van der Waals surface area (Å²) in [6, 6.07) is 2.64. The number of carbonyl (C=O) groups excluding carboxylic acids is 1. The van der Waals surface area contributed by atoms with Crippen molar-refractivity contribution in [3.8, 4) is 6.07 Å². The van der Waals surface area contributed by atoms with E-state index in [1.54, 1.807) is 0 Å². The van der Waals surface area contributed by atoms with Gasteiger partial charge in [0.15, 0.2) is 11.6 Å². The number of hydrogen-bond acceptors (Lipinski definition) is 3. The predicted molar refractivity (Wildman–Crippen MR) is 62.6 cm³/mol. The molecule has 7 heteroatoms. The first-order valence-corrected chi connectivity index (χ1v) is 5.85. The van der Waals surface area contributed by atoms with Crippen molar-refractivity contribution in [2.45, 2.75) is 6.04 Å². The minimum absolute atomic E-state index is 0.0868. The van der Waals surface area contributed by atoms with Crippen molar-refractivity contribution < 1.29 is 18.3 Å². The molecule has 0 aliphatic carbocycles. The van der Waals surface area contributed by atoms with Crippen LogP contribution in [0.1, 0.15) is 10.4 Å². The van der Waals surface area contributed by atoms with E-state index in [0.29, 0.717) is 0 Å². The molecule has 1 saturated heterocycles. The van der Waals surface area contributed by atoms with Gasteiger partial charge in [-0.15, -0.1) is 0 Å². The second-order valence-electron chi connectivity index (χ2n) is 3.96. The van der Waals surface area contributed by atoms with Crippen molar-refractivity contribution in [2.24, 2.45) is 0 Å². The highest BCUT2D eigenvalue weighted by atomic mass is 35.5. The third-order valence-corrected chi connectivity index (χ3v) is 3.09. The summed E-state index contributed by atoms with van der Waals surface area (Å²) in [5, 5.41) is 8.75. The molecule has 1 atom stereocenters. The average molecular weight is 287 g/mol. The lowest BCUT2D eigenvalue weighted by atomic mass is 10.1. The molecule has 0 bridgehead atoms. The largest absolute Gasteiger partial charge is 0.376 e. The molecule has 1 fully saturated rings. The number of halogens is 3. The van der Waals surface area contributed by atoms with Crippen molar-refractivity contribution in [1.29, 1.82) is 5.26 Å².